The van der Waals surface area contributed by atoms with Gasteiger partial charge in [-0.2, -0.15) is 0 Å². The molecule has 0 spiro atoms. The molecule has 0 heterocycles. The van der Waals surface area contributed by atoms with E-state index in [0.29, 0.717) is 0 Å². The number of anilines is 1. The monoisotopic (exact) mass is 333 g/mol. The van der Waals surface area contributed by atoms with Crippen molar-refractivity contribution in [2.45, 2.75) is 19.9 Å². The van der Waals surface area contributed by atoms with Crippen LogP contribution in [0.25, 0.3) is 0 Å². The minimum Gasteiger partial charge on any atom is -0.479 e. The van der Waals surface area contributed by atoms with Crippen LogP contribution in [0.4, 0.5) is 5.69 Å². The summed E-state index contributed by atoms with van der Waals surface area (Å²) in [6, 6.07) is 12.5. The highest BCUT2D eigenvalue weighted by molar-refractivity contribution is 9.10. The number of carboxylic acids is 1. The Kier molecular flexibility index (Phi) is 4.45. The summed E-state index contributed by atoms with van der Waals surface area (Å²) in [6.45, 7) is 3.93. The van der Waals surface area contributed by atoms with E-state index in [1.807, 2.05) is 56.3 Å². The summed E-state index contributed by atoms with van der Waals surface area (Å²) in [5.74, 6) is -0.889. The third-order valence-corrected chi connectivity index (χ3v) is 3.67. The molecule has 4 heteroatoms. The second-order valence-electron chi connectivity index (χ2n) is 4.78. The molecule has 2 rings (SSSR count). The maximum absolute atomic E-state index is 11.5. The van der Waals surface area contributed by atoms with Gasteiger partial charge in [0.15, 0.2) is 6.04 Å². The van der Waals surface area contributed by atoms with E-state index >= 15 is 0 Å². The lowest BCUT2D eigenvalue weighted by atomic mass is 9.99. The van der Waals surface area contributed by atoms with Crippen LogP contribution in [-0.4, -0.2) is 11.1 Å². The van der Waals surface area contributed by atoms with Gasteiger partial charge in [-0.1, -0.05) is 39.7 Å². The van der Waals surface area contributed by atoms with E-state index in [-0.39, 0.29) is 0 Å². The quantitative estimate of drug-likeness (QED) is 0.876. The second kappa shape index (κ2) is 6.09. The minimum atomic E-state index is -0.889. The highest BCUT2D eigenvalue weighted by Gasteiger charge is 2.21. The van der Waals surface area contributed by atoms with Gasteiger partial charge in [0.2, 0.25) is 0 Å². The van der Waals surface area contributed by atoms with Crippen molar-refractivity contribution < 1.29 is 9.90 Å². The molecule has 0 amide bonds. The molecule has 3 nitrogen and oxygen atoms in total. The van der Waals surface area contributed by atoms with Crippen LogP contribution >= 0.6 is 15.9 Å². The lowest BCUT2D eigenvalue weighted by Crippen LogP contribution is -2.21. The van der Waals surface area contributed by atoms with Crippen molar-refractivity contribution in [1.29, 1.82) is 0 Å². The van der Waals surface area contributed by atoms with Crippen LogP contribution in [-0.2, 0) is 4.79 Å². The lowest BCUT2D eigenvalue weighted by molar-refractivity contribution is -0.138. The van der Waals surface area contributed by atoms with Crippen LogP contribution in [0.1, 0.15) is 22.7 Å². The molecule has 0 saturated carbocycles. The van der Waals surface area contributed by atoms with E-state index in [9.17, 15) is 9.90 Å². The molecular formula is C16H16BrNO2. The predicted octanol–water partition coefficient (Wildman–Crippen LogP) is 4.30. The number of benzene rings is 2. The van der Waals surface area contributed by atoms with Gasteiger partial charge < -0.3 is 10.4 Å². The smallest absolute Gasteiger partial charge is 0.330 e. The molecule has 0 radical (unpaired) electrons. The zero-order chi connectivity index (χ0) is 14.7. The summed E-state index contributed by atoms with van der Waals surface area (Å²) < 4.78 is 0.960. The zero-order valence-electron chi connectivity index (χ0n) is 11.4. The van der Waals surface area contributed by atoms with E-state index in [0.717, 1.165) is 26.9 Å². The molecule has 20 heavy (non-hydrogen) atoms. The normalized spacial score (nSPS) is 11.9. The van der Waals surface area contributed by atoms with Crippen LogP contribution in [0.15, 0.2) is 46.9 Å². The van der Waals surface area contributed by atoms with Crippen molar-refractivity contribution in [1.82, 2.24) is 0 Å². The molecule has 2 aromatic carbocycles. The van der Waals surface area contributed by atoms with Crippen molar-refractivity contribution in [2.24, 2.45) is 0 Å². The van der Waals surface area contributed by atoms with Gasteiger partial charge in [-0.15, -0.1) is 0 Å². The zero-order valence-corrected chi connectivity index (χ0v) is 12.9. The van der Waals surface area contributed by atoms with Crippen LogP contribution in [0.2, 0.25) is 0 Å². The lowest BCUT2D eigenvalue weighted by Gasteiger charge is -2.18. The molecule has 1 unspecified atom stereocenters. The third-order valence-electron chi connectivity index (χ3n) is 3.14. The van der Waals surface area contributed by atoms with Crippen molar-refractivity contribution in [3.63, 3.8) is 0 Å². The third kappa shape index (κ3) is 3.39. The SMILES string of the molecule is Cc1ccc(C(Nc2ccc(Br)cc2)C(=O)O)c(C)c1. The molecule has 0 saturated heterocycles. The van der Waals surface area contributed by atoms with Crippen LogP contribution < -0.4 is 5.32 Å². The molecule has 0 fully saturated rings. The van der Waals surface area contributed by atoms with Gasteiger partial charge in [0.05, 0.1) is 0 Å². The van der Waals surface area contributed by atoms with E-state index in [2.05, 4.69) is 21.2 Å². The van der Waals surface area contributed by atoms with Gasteiger partial charge in [-0.05, 0) is 49.2 Å². The van der Waals surface area contributed by atoms with Gasteiger partial charge in [0.1, 0.15) is 0 Å². The Morgan fingerprint density at radius 2 is 1.80 bits per heavy atom. The number of carboxylic acid groups (broad SMARTS) is 1. The number of aliphatic carboxylic acids is 1. The first-order valence-electron chi connectivity index (χ1n) is 6.29. The first-order chi connectivity index (χ1) is 9.47. The Hall–Kier alpha value is -1.81. The summed E-state index contributed by atoms with van der Waals surface area (Å²) >= 11 is 3.36. The highest BCUT2D eigenvalue weighted by Crippen LogP contribution is 2.24. The highest BCUT2D eigenvalue weighted by atomic mass is 79.9. The van der Waals surface area contributed by atoms with Crippen molar-refractivity contribution in [3.05, 3.63) is 63.6 Å². The number of carbonyl (C=O) groups is 1. The van der Waals surface area contributed by atoms with Crippen molar-refractivity contribution in [2.75, 3.05) is 5.32 Å². The van der Waals surface area contributed by atoms with Gasteiger partial charge in [-0.3, -0.25) is 0 Å². The molecule has 2 N–H and O–H groups in total. The second-order valence-corrected chi connectivity index (χ2v) is 5.70. The average molecular weight is 334 g/mol. The first-order valence-corrected chi connectivity index (χ1v) is 7.09. The fourth-order valence-corrected chi connectivity index (χ4v) is 2.40. The molecular weight excluding hydrogens is 318 g/mol. The van der Waals surface area contributed by atoms with Gasteiger partial charge in [0, 0.05) is 10.2 Å². The summed E-state index contributed by atoms with van der Waals surface area (Å²) in [5.41, 5.74) is 3.66. The Morgan fingerprint density at radius 1 is 1.15 bits per heavy atom. The molecule has 2 aromatic rings. The van der Waals surface area contributed by atoms with E-state index in [1.165, 1.54) is 0 Å². The summed E-state index contributed by atoms with van der Waals surface area (Å²) in [5, 5.41) is 12.5. The van der Waals surface area contributed by atoms with Gasteiger partial charge >= 0.3 is 5.97 Å². The van der Waals surface area contributed by atoms with Crippen molar-refractivity contribution >= 4 is 27.6 Å². The topological polar surface area (TPSA) is 49.3 Å². The largest absolute Gasteiger partial charge is 0.479 e. The molecule has 0 aliphatic carbocycles. The Morgan fingerprint density at radius 3 is 2.35 bits per heavy atom. The fraction of sp³-hybridized carbons (Fsp3) is 0.188. The maximum Gasteiger partial charge on any atom is 0.330 e. The molecule has 0 aliphatic rings. The molecule has 0 aromatic heterocycles. The number of halogens is 1. The minimum absolute atomic E-state index is 0.753. The van der Waals surface area contributed by atoms with E-state index < -0.39 is 12.0 Å². The molecule has 1 atom stereocenters. The Balaban J connectivity index is 2.31. The van der Waals surface area contributed by atoms with E-state index in [4.69, 9.17) is 0 Å². The van der Waals surface area contributed by atoms with E-state index in [1.54, 1.807) is 0 Å². The predicted molar refractivity (Wildman–Crippen MR) is 84.1 cm³/mol. The average Bonchev–Trinajstić information content (AvgIpc) is 2.39. The van der Waals surface area contributed by atoms with Crippen LogP contribution in [0.5, 0.6) is 0 Å². The number of aryl methyl sites for hydroxylation is 2. The Labute approximate surface area is 126 Å². The fourth-order valence-electron chi connectivity index (χ4n) is 2.13. The summed E-state index contributed by atoms with van der Waals surface area (Å²) in [4.78, 5) is 11.5. The maximum atomic E-state index is 11.5. The number of rotatable bonds is 4. The molecule has 0 bridgehead atoms. The Bertz CT molecular complexity index is 623. The number of nitrogens with one attached hydrogen (secondary N) is 1. The number of hydrogen-bond acceptors (Lipinski definition) is 2. The van der Waals surface area contributed by atoms with Crippen LogP contribution in [0.3, 0.4) is 0 Å². The molecule has 0 aliphatic heterocycles. The number of hydrogen-bond donors (Lipinski definition) is 2. The van der Waals surface area contributed by atoms with Gasteiger partial charge in [-0.25, -0.2) is 4.79 Å². The van der Waals surface area contributed by atoms with Crippen LogP contribution in [0, 0.1) is 13.8 Å². The van der Waals surface area contributed by atoms with Crippen molar-refractivity contribution in [3.8, 4) is 0 Å². The standard InChI is InChI=1S/C16H16BrNO2/c1-10-3-8-14(11(2)9-10)15(16(19)20)18-13-6-4-12(17)5-7-13/h3-9,15,18H,1-2H3,(H,19,20). The summed E-state index contributed by atoms with van der Waals surface area (Å²) in [7, 11) is 0. The van der Waals surface area contributed by atoms with Gasteiger partial charge in [0.25, 0.3) is 0 Å². The first kappa shape index (κ1) is 14.6. The summed E-state index contributed by atoms with van der Waals surface area (Å²) in [6.07, 6.45) is 0. The molecule has 104 valence electrons.